The molecule has 0 spiro atoms. The van der Waals surface area contributed by atoms with E-state index >= 15 is 0 Å². The number of H-pyrrole nitrogens is 1. The Hall–Kier alpha value is -2.29. The van der Waals surface area contributed by atoms with Gasteiger partial charge in [0.05, 0.1) is 11.8 Å². The van der Waals surface area contributed by atoms with Crippen LogP contribution in [0.4, 0.5) is 0 Å². The molecule has 1 aliphatic rings. The summed E-state index contributed by atoms with van der Waals surface area (Å²) < 4.78 is 26.8. The molecule has 3 N–H and O–H groups in total. The molecular formula is C18H20N4O3S. The van der Waals surface area contributed by atoms with Crippen LogP contribution in [0.3, 0.4) is 0 Å². The Labute approximate surface area is 151 Å². The molecule has 0 radical (unpaired) electrons. The summed E-state index contributed by atoms with van der Waals surface area (Å²) in [4.78, 5) is 12.2. The van der Waals surface area contributed by atoms with E-state index in [1.807, 2.05) is 6.07 Å². The van der Waals surface area contributed by atoms with Crippen LogP contribution in [-0.2, 0) is 10.0 Å². The number of nitrogens with one attached hydrogen (secondary N) is 2. The van der Waals surface area contributed by atoms with Gasteiger partial charge in [-0.1, -0.05) is 0 Å². The average Bonchev–Trinajstić information content (AvgIpc) is 3.38. The number of sulfonamides is 1. The van der Waals surface area contributed by atoms with Crippen molar-refractivity contribution in [3.05, 3.63) is 42.4 Å². The first-order valence-corrected chi connectivity index (χ1v) is 10.0. The van der Waals surface area contributed by atoms with Gasteiger partial charge in [-0.15, -0.1) is 0 Å². The molecule has 26 heavy (non-hydrogen) atoms. The Bertz CT molecular complexity index is 1040. The van der Waals surface area contributed by atoms with Gasteiger partial charge in [0.15, 0.2) is 0 Å². The predicted octanol–water partition coefficient (Wildman–Crippen LogP) is 2.16. The van der Waals surface area contributed by atoms with Gasteiger partial charge in [0.2, 0.25) is 10.0 Å². The number of aliphatic hydroxyl groups is 1. The molecule has 1 aliphatic carbocycles. The summed E-state index contributed by atoms with van der Waals surface area (Å²) in [5.41, 5.74) is 3.62. The van der Waals surface area contributed by atoms with E-state index in [-0.39, 0.29) is 11.4 Å². The van der Waals surface area contributed by atoms with Gasteiger partial charge in [0.25, 0.3) is 0 Å². The SMILES string of the molecule is C[C@H](O)CNS(=O)(=O)c1ccc(-c2ccnc3[nH]c(C4CC4)cc23)nc1. The zero-order valence-electron chi connectivity index (χ0n) is 14.3. The van der Waals surface area contributed by atoms with Gasteiger partial charge in [-0.3, -0.25) is 4.98 Å². The molecule has 3 aromatic heterocycles. The van der Waals surface area contributed by atoms with Crippen LogP contribution in [0.15, 0.2) is 41.6 Å². The number of pyridine rings is 2. The Morgan fingerprint density at radius 1 is 1.31 bits per heavy atom. The lowest BCUT2D eigenvalue weighted by Gasteiger charge is -2.09. The third kappa shape index (κ3) is 3.35. The third-order valence-corrected chi connectivity index (χ3v) is 5.87. The first kappa shape index (κ1) is 17.1. The number of aliphatic hydroxyl groups excluding tert-OH is 1. The molecule has 3 aromatic rings. The smallest absolute Gasteiger partial charge is 0.242 e. The average molecular weight is 372 g/mol. The fourth-order valence-corrected chi connectivity index (χ4v) is 3.96. The fraction of sp³-hybridized carbons (Fsp3) is 0.333. The number of rotatable bonds is 6. The molecule has 7 nitrogen and oxygen atoms in total. The first-order valence-electron chi connectivity index (χ1n) is 8.56. The van der Waals surface area contributed by atoms with Crippen molar-refractivity contribution in [3.8, 4) is 11.3 Å². The maximum Gasteiger partial charge on any atom is 0.242 e. The summed E-state index contributed by atoms with van der Waals surface area (Å²) in [7, 11) is -3.69. The van der Waals surface area contributed by atoms with Gasteiger partial charge in [0.1, 0.15) is 10.5 Å². The number of aromatic nitrogens is 3. The minimum Gasteiger partial charge on any atom is -0.392 e. The number of aromatic amines is 1. The van der Waals surface area contributed by atoms with Crippen molar-refractivity contribution < 1.29 is 13.5 Å². The highest BCUT2D eigenvalue weighted by atomic mass is 32.2. The van der Waals surface area contributed by atoms with Crippen molar-refractivity contribution in [2.24, 2.45) is 0 Å². The molecule has 1 fully saturated rings. The molecule has 4 rings (SSSR count). The van der Waals surface area contributed by atoms with Gasteiger partial charge < -0.3 is 10.1 Å². The molecule has 8 heteroatoms. The first-order chi connectivity index (χ1) is 12.4. The van der Waals surface area contributed by atoms with E-state index in [2.05, 4.69) is 25.7 Å². The second-order valence-electron chi connectivity index (χ2n) is 6.70. The second-order valence-corrected chi connectivity index (χ2v) is 8.47. The molecule has 0 saturated heterocycles. The van der Waals surface area contributed by atoms with Crippen LogP contribution in [0.25, 0.3) is 22.3 Å². The summed E-state index contributed by atoms with van der Waals surface area (Å²) in [6.07, 6.45) is 4.71. The zero-order valence-corrected chi connectivity index (χ0v) is 15.1. The van der Waals surface area contributed by atoms with E-state index < -0.39 is 16.1 Å². The van der Waals surface area contributed by atoms with Crippen LogP contribution in [0.2, 0.25) is 0 Å². The van der Waals surface area contributed by atoms with E-state index in [4.69, 9.17) is 0 Å². The summed E-state index contributed by atoms with van der Waals surface area (Å²) in [6.45, 7) is 1.48. The highest BCUT2D eigenvalue weighted by Gasteiger charge is 2.26. The highest BCUT2D eigenvalue weighted by molar-refractivity contribution is 7.89. The minimum absolute atomic E-state index is 0.0393. The molecular weight excluding hydrogens is 352 g/mol. The number of hydrogen-bond donors (Lipinski definition) is 3. The predicted molar refractivity (Wildman–Crippen MR) is 98.2 cm³/mol. The zero-order chi connectivity index (χ0) is 18.3. The largest absolute Gasteiger partial charge is 0.392 e. The standard InChI is InChI=1S/C18H20N4O3S/c1-11(23)9-21-26(24,25)13-4-5-16(20-10-13)14-6-7-19-18-15(14)8-17(22-18)12-2-3-12/h4-8,10-12,21,23H,2-3,9H2,1H3,(H,19,22)/t11-/m0/s1. The van der Waals surface area contributed by atoms with Crippen LogP contribution >= 0.6 is 0 Å². The topological polar surface area (TPSA) is 108 Å². The molecule has 0 unspecified atom stereocenters. The van der Waals surface area contributed by atoms with Gasteiger partial charge in [0, 0.05) is 35.6 Å². The second kappa shape index (κ2) is 6.46. The van der Waals surface area contributed by atoms with Crippen molar-refractivity contribution >= 4 is 21.1 Å². The van der Waals surface area contributed by atoms with Crippen molar-refractivity contribution in [2.75, 3.05) is 6.54 Å². The normalized spacial score (nSPS) is 16.1. The van der Waals surface area contributed by atoms with Gasteiger partial charge >= 0.3 is 0 Å². The summed E-state index contributed by atoms with van der Waals surface area (Å²) >= 11 is 0. The number of hydrogen-bond acceptors (Lipinski definition) is 5. The van der Waals surface area contributed by atoms with Gasteiger partial charge in [-0.2, -0.15) is 0 Å². The van der Waals surface area contributed by atoms with Crippen LogP contribution < -0.4 is 4.72 Å². The molecule has 1 saturated carbocycles. The van der Waals surface area contributed by atoms with E-state index in [1.54, 1.807) is 12.3 Å². The van der Waals surface area contributed by atoms with Crippen LogP contribution in [-0.4, -0.2) is 41.1 Å². The molecule has 1 atom stereocenters. The summed E-state index contributed by atoms with van der Waals surface area (Å²) in [5, 5.41) is 10.2. The van der Waals surface area contributed by atoms with Crippen molar-refractivity contribution in [2.45, 2.75) is 36.7 Å². The van der Waals surface area contributed by atoms with E-state index in [0.717, 1.165) is 16.6 Å². The maximum absolute atomic E-state index is 12.2. The fourth-order valence-electron chi connectivity index (χ4n) is 2.90. The molecule has 3 heterocycles. The monoisotopic (exact) mass is 372 g/mol. The number of fused-ring (bicyclic) bond motifs is 1. The highest BCUT2D eigenvalue weighted by Crippen LogP contribution is 2.41. The number of nitrogens with zero attached hydrogens (tertiary/aromatic N) is 2. The van der Waals surface area contributed by atoms with Crippen LogP contribution in [0, 0.1) is 0 Å². The van der Waals surface area contributed by atoms with E-state index in [1.165, 1.54) is 37.7 Å². The Morgan fingerprint density at radius 3 is 2.77 bits per heavy atom. The lowest BCUT2D eigenvalue weighted by Crippen LogP contribution is -2.30. The maximum atomic E-state index is 12.2. The van der Waals surface area contributed by atoms with Crippen LogP contribution in [0.5, 0.6) is 0 Å². The lowest BCUT2D eigenvalue weighted by atomic mass is 10.1. The lowest BCUT2D eigenvalue weighted by molar-refractivity contribution is 0.198. The Balaban J connectivity index is 1.66. The van der Waals surface area contributed by atoms with E-state index in [0.29, 0.717) is 11.6 Å². The molecule has 0 aliphatic heterocycles. The van der Waals surface area contributed by atoms with E-state index in [9.17, 15) is 13.5 Å². The summed E-state index contributed by atoms with van der Waals surface area (Å²) in [5.74, 6) is 0.595. The molecule has 0 bridgehead atoms. The quantitative estimate of drug-likeness (QED) is 0.614. The molecule has 0 aromatic carbocycles. The summed E-state index contributed by atoms with van der Waals surface area (Å²) in [6, 6.07) is 7.21. The van der Waals surface area contributed by atoms with Crippen LogP contribution in [0.1, 0.15) is 31.4 Å². The Morgan fingerprint density at radius 2 is 2.12 bits per heavy atom. The van der Waals surface area contributed by atoms with Gasteiger partial charge in [-0.05, 0) is 49.9 Å². The van der Waals surface area contributed by atoms with Crippen molar-refractivity contribution in [3.63, 3.8) is 0 Å². The third-order valence-electron chi connectivity index (χ3n) is 4.46. The van der Waals surface area contributed by atoms with Crippen molar-refractivity contribution in [1.82, 2.24) is 19.7 Å². The Kier molecular flexibility index (Phi) is 4.26. The minimum atomic E-state index is -3.69. The molecule has 136 valence electrons. The van der Waals surface area contributed by atoms with Crippen molar-refractivity contribution in [1.29, 1.82) is 0 Å². The van der Waals surface area contributed by atoms with Gasteiger partial charge in [-0.25, -0.2) is 18.1 Å². The molecule has 0 amide bonds.